The molecular weight excluding hydrogens is 446 g/mol. The van der Waals surface area contributed by atoms with Crippen LogP contribution in [0.2, 0.25) is 5.02 Å². The highest BCUT2D eigenvalue weighted by Gasteiger charge is 2.34. The predicted octanol–water partition coefficient (Wildman–Crippen LogP) is 4.72. The van der Waals surface area contributed by atoms with E-state index in [9.17, 15) is 4.79 Å². The number of nitrogens with zero attached hydrogens (tertiary/aromatic N) is 2. The summed E-state index contributed by atoms with van der Waals surface area (Å²) < 4.78 is 6.11. The number of esters is 1. The molecule has 2 heterocycles. The van der Waals surface area contributed by atoms with Crippen LogP contribution in [0.25, 0.3) is 11.1 Å². The maximum atomic E-state index is 13.1. The van der Waals surface area contributed by atoms with Crippen LogP contribution < -0.4 is 10.2 Å². The summed E-state index contributed by atoms with van der Waals surface area (Å²) in [6.45, 7) is 5.40. The van der Waals surface area contributed by atoms with Gasteiger partial charge in [0.05, 0.1) is 11.6 Å². The molecule has 2 atom stereocenters. The Morgan fingerprint density at radius 1 is 0.882 bits per heavy atom. The van der Waals surface area contributed by atoms with E-state index in [-0.39, 0.29) is 18.1 Å². The maximum Gasteiger partial charge on any atom is 0.338 e. The Morgan fingerprint density at radius 3 is 2.44 bits per heavy atom. The van der Waals surface area contributed by atoms with Crippen molar-refractivity contribution in [2.45, 2.75) is 18.6 Å². The smallest absolute Gasteiger partial charge is 0.338 e. The third-order valence-corrected chi connectivity index (χ3v) is 7.04. The Bertz CT molecular complexity index is 1120. The molecule has 0 spiro atoms. The molecule has 5 nitrogen and oxygen atoms in total. The van der Waals surface area contributed by atoms with Gasteiger partial charge in [-0.15, -0.1) is 0 Å². The van der Waals surface area contributed by atoms with Gasteiger partial charge in [-0.1, -0.05) is 60.1 Å². The topological polar surface area (TPSA) is 44.8 Å². The van der Waals surface area contributed by atoms with Gasteiger partial charge in [0.15, 0.2) is 0 Å². The van der Waals surface area contributed by atoms with Crippen LogP contribution in [0.4, 0.5) is 5.69 Å². The van der Waals surface area contributed by atoms with E-state index in [0.29, 0.717) is 5.56 Å². The number of ether oxygens (including phenoxy) is 1. The van der Waals surface area contributed by atoms with Gasteiger partial charge < -0.3 is 15.0 Å². The fraction of sp³-hybridized carbons (Fsp3) is 0.321. The lowest BCUT2D eigenvalue weighted by atomic mass is 10.0. The zero-order valence-electron chi connectivity index (χ0n) is 19.2. The van der Waals surface area contributed by atoms with Crippen LogP contribution in [0.5, 0.6) is 0 Å². The second-order valence-electron chi connectivity index (χ2n) is 8.95. The highest BCUT2D eigenvalue weighted by molar-refractivity contribution is 6.30. The largest absolute Gasteiger partial charge is 0.457 e. The van der Waals surface area contributed by atoms with Gasteiger partial charge >= 0.3 is 5.97 Å². The summed E-state index contributed by atoms with van der Waals surface area (Å²) in [6.07, 6.45) is 0.704. The molecule has 6 heteroatoms. The molecule has 0 bridgehead atoms. The van der Waals surface area contributed by atoms with E-state index in [2.05, 4.69) is 33.3 Å². The fourth-order valence-electron chi connectivity index (χ4n) is 4.97. The van der Waals surface area contributed by atoms with Crippen LogP contribution in [0.3, 0.4) is 0 Å². The number of benzene rings is 3. The molecule has 2 fully saturated rings. The van der Waals surface area contributed by atoms with E-state index in [1.807, 2.05) is 60.7 Å². The molecule has 2 aliphatic rings. The third kappa shape index (κ3) is 5.27. The number of anilines is 1. The summed E-state index contributed by atoms with van der Waals surface area (Å²) in [5.41, 5.74) is 3.88. The first-order valence-corrected chi connectivity index (χ1v) is 12.4. The molecule has 34 heavy (non-hydrogen) atoms. The van der Waals surface area contributed by atoms with Crippen molar-refractivity contribution in [3.8, 4) is 11.1 Å². The molecule has 0 radical (unpaired) electrons. The highest BCUT2D eigenvalue weighted by Crippen LogP contribution is 2.25. The summed E-state index contributed by atoms with van der Waals surface area (Å²) in [6, 6.07) is 26.0. The van der Waals surface area contributed by atoms with Crippen LogP contribution in [-0.2, 0) is 4.74 Å². The first-order valence-electron chi connectivity index (χ1n) is 12.0. The molecular formula is C28H30ClN3O2. The van der Waals surface area contributed by atoms with Gasteiger partial charge in [0.2, 0.25) is 0 Å². The van der Waals surface area contributed by atoms with E-state index < -0.39 is 0 Å². The van der Waals surface area contributed by atoms with Crippen molar-refractivity contribution in [1.29, 1.82) is 0 Å². The molecule has 2 aliphatic heterocycles. The van der Waals surface area contributed by atoms with Gasteiger partial charge in [-0.05, 0) is 54.4 Å². The Balaban J connectivity index is 1.24. The lowest BCUT2D eigenvalue weighted by Crippen LogP contribution is -2.60. The zero-order chi connectivity index (χ0) is 23.3. The molecule has 1 N–H and O–H groups in total. The van der Waals surface area contributed by atoms with E-state index >= 15 is 0 Å². The summed E-state index contributed by atoms with van der Waals surface area (Å²) in [5, 5.41) is 4.26. The first-order chi connectivity index (χ1) is 16.7. The highest BCUT2D eigenvalue weighted by atomic mass is 35.5. The minimum atomic E-state index is -0.243. The number of carbonyl (C=O) groups is 1. The standard InChI is InChI=1S/C28H30ClN3O2/c29-24-10-5-11-25(19-24)31-14-16-32(17-15-31)26-20-30-13-12-27(26)34-28(33)23-9-4-8-22(18-23)21-6-2-1-3-7-21/h1-11,18-19,26-27,30H,12-17,20H2/t26?,27-/m1/s1. The summed E-state index contributed by atoms with van der Waals surface area (Å²) in [4.78, 5) is 17.9. The molecule has 0 aromatic heterocycles. The molecule has 1 unspecified atom stereocenters. The number of piperazine rings is 1. The van der Waals surface area contributed by atoms with E-state index in [0.717, 1.165) is 67.5 Å². The molecule has 0 aliphatic carbocycles. The molecule has 0 amide bonds. The van der Waals surface area contributed by atoms with Gasteiger partial charge in [0.1, 0.15) is 6.10 Å². The zero-order valence-corrected chi connectivity index (χ0v) is 20.0. The van der Waals surface area contributed by atoms with E-state index in [1.165, 1.54) is 0 Å². The Hall–Kier alpha value is -2.86. The van der Waals surface area contributed by atoms with Crippen molar-refractivity contribution in [2.24, 2.45) is 0 Å². The van der Waals surface area contributed by atoms with Crippen LogP contribution in [-0.4, -0.2) is 62.3 Å². The summed E-state index contributed by atoms with van der Waals surface area (Å²) in [7, 11) is 0. The van der Waals surface area contributed by atoms with Gasteiger partial charge in [-0.2, -0.15) is 0 Å². The third-order valence-electron chi connectivity index (χ3n) is 6.81. The van der Waals surface area contributed by atoms with Gasteiger partial charge in [-0.3, -0.25) is 4.90 Å². The number of hydrogen-bond acceptors (Lipinski definition) is 5. The second kappa shape index (κ2) is 10.6. The van der Waals surface area contributed by atoms with Crippen molar-refractivity contribution < 1.29 is 9.53 Å². The molecule has 176 valence electrons. The number of piperidine rings is 1. The number of hydrogen-bond donors (Lipinski definition) is 1. The second-order valence-corrected chi connectivity index (χ2v) is 9.39. The number of rotatable bonds is 5. The quantitative estimate of drug-likeness (QED) is 0.541. The minimum Gasteiger partial charge on any atom is -0.457 e. The molecule has 2 saturated heterocycles. The SMILES string of the molecule is O=C(O[C@@H]1CCNCC1N1CCN(c2cccc(Cl)c2)CC1)c1cccc(-c2ccccc2)c1. The monoisotopic (exact) mass is 475 g/mol. The Morgan fingerprint density at radius 2 is 1.65 bits per heavy atom. The van der Waals surface area contributed by atoms with Crippen LogP contribution >= 0.6 is 11.6 Å². The van der Waals surface area contributed by atoms with Crippen molar-refractivity contribution in [2.75, 3.05) is 44.2 Å². The number of halogens is 1. The summed E-state index contributed by atoms with van der Waals surface area (Å²) in [5.74, 6) is -0.243. The first kappa shape index (κ1) is 22.9. The lowest BCUT2D eigenvalue weighted by molar-refractivity contribution is -0.0140. The normalized spacial score (nSPS) is 21.3. The lowest BCUT2D eigenvalue weighted by Gasteiger charge is -2.44. The molecule has 3 aromatic rings. The van der Waals surface area contributed by atoms with Crippen molar-refractivity contribution in [3.05, 3.63) is 89.4 Å². The number of carbonyl (C=O) groups excluding carboxylic acids is 1. The Kier molecular flexibility index (Phi) is 7.14. The predicted molar refractivity (Wildman–Crippen MR) is 138 cm³/mol. The average molecular weight is 476 g/mol. The Labute approximate surface area is 206 Å². The van der Waals surface area contributed by atoms with Gasteiger partial charge in [-0.25, -0.2) is 4.79 Å². The van der Waals surface area contributed by atoms with E-state index in [4.69, 9.17) is 16.3 Å². The van der Waals surface area contributed by atoms with Gasteiger partial charge in [0, 0.05) is 43.4 Å². The average Bonchev–Trinajstić information content (AvgIpc) is 2.90. The number of nitrogens with one attached hydrogen (secondary N) is 1. The van der Waals surface area contributed by atoms with E-state index in [1.54, 1.807) is 0 Å². The maximum absolute atomic E-state index is 13.1. The van der Waals surface area contributed by atoms with Crippen LogP contribution in [0, 0.1) is 0 Å². The minimum absolute atomic E-state index is 0.119. The fourth-order valence-corrected chi connectivity index (χ4v) is 5.15. The van der Waals surface area contributed by atoms with Crippen LogP contribution in [0.1, 0.15) is 16.8 Å². The van der Waals surface area contributed by atoms with Crippen molar-refractivity contribution in [3.63, 3.8) is 0 Å². The molecule has 5 rings (SSSR count). The van der Waals surface area contributed by atoms with Crippen molar-refractivity contribution in [1.82, 2.24) is 10.2 Å². The van der Waals surface area contributed by atoms with Crippen molar-refractivity contribution >= 4 is 23.3 Å². The van der Waals surface area contributed by atoms with Gasteiger partial charge in [0.25, 0.3) is 0 Å². The van der Waals surface area contributed by atoms with Crippen LogP contribution in [0.15, 0.2) is 78.9 Å². The summed E-state index contributed by atoms with van der Waals surface area (Å²) >= 11 is 6.18. The molecule has 3 aromatic carbocycles. The molecule has 0 saturated carbocycles.